The maximum atomic E-state index is 7.32. The smallest absolute Gasteiger partial charge is 0.0974 e. The fraction of sp³-hybridized carbons (Fsp3) is 0.552. The first-order valence-electron chi connectivity index (χ1n) is 12.5. The number of rotatable bonds is 2. The van der Waals surface area contributed by atoms with Gasteiger partial charge in [-0.05, 0) is 96.4 Å². The van der Waals surface area contributed by atoms with Crippen molar-refractivity contribution in [3.63, 3.8) is 0 Å². The first kappa shape index (κ1) is 19.5. The number of hydrogen-bond acceptors (Lipinski definition) is 3. The second-order valence-corrected chi connectivity index (χ2v) is 11.3. The van der Waals surface area contributed by atoms with Crippen LogP contribution in [0.2, 0.25) is 0 Å². The summed E-state index contributed by atoms with van der Waals surface area (Å²) in [4.78, 5) is 4.37. The molecule has 0 radical (unpaired) electrons. The first-order valence-corrected chi connectivity index (χ1v) is 12.5. The summed E-state index contributed by atoms with van der Waals surface area (Å²) in [5, 5.41) is 2.54. The highest BCUT2D eigenvalue weighted by molar-refractivity contribution is 5.82. The lowest BCUT2D eigenvalue weighted by molar-refractivity contribution is -0.147. The quantitative estimate of drug-likeness (QED) is 0.549. The number of pyridine rings is 1. The van der Waals surface area contributed by atoms with Crippen molar-refractivity contribution >= 4 is 10.8 Å². The van der Waals surface area contributed by atoms with Gasteiger partial charge in [0.15, 0.2) is 0 Å². The van der Waals surface area contributed by atoms with Crippen LogP contribution in [0.15, 0.2) is 60.0 Å². The van der Waals surface area contributed by atoms with Crippen LogP contribution in [0.4, 0.5) is 0 Å². The molecule has 5 aliphatic rings. The molecule has 166 valence electrons. The van der Waals surface area contributed by atoms with Crippen LogP contribution in [0.3, 0.4) is 0 Å². The molecule has 2 aromatic rings. The third kappa shape index (κ3) is 2.42. The molecule has 2 spiro atoms. The lowest BCUT2D eigenvalue weighted by atomic mass is 9.58. The highest BCUT2D eigenvalue weighted by Gasteiger charge is 2.66. The van der Waals surface area contributed by atoms with Crippen molar-refractivity contribution in [2.45, 2.75) is 81.5 Å². The van der Waals surface area contributed by atoms with Gasteiger partial charge in [0.1, 0.15) is 0 Å². The predicted octanol–water partition coefficient (Wildman–Crippen LogP) is 6.49. The summed E-state index contributed by atoms with van der Waals surface area (Å²) in [7, 11) is 1.87. The summed E-state index contributed by atoms with van der Waals surface area (Å²) in [5.74, 6) is 1.16. The van der Waals surface area contributed by atoms with E-state index in [1.54, 1.807) is 5.57 Å². The van der Waals surface area contributed by atoms with Gasteiger partial charge in [0.2, 0.25) is 0 Å². The van der Waals surface area contributed by atoms with Crippen LogP contribution in [0, 0.1) is 11.3 Å². The average molecular weight is 428 g/mol. The molecule has 7 rings (SSSR count). The molecular weight excluding hydrogens is 394 g/mol. The van der Waals surface area contributed by atoms with Crippen molar-refractivity contribution in [2.75, 3.05) is 7.11 Å². The molecule has 1 aromatic heterocycles. The highest BCUT2D eigenvalue weighted by Crippen LogP contribution is 2.69. The van der Waals surface area contributed by atoms with Crippen molar-refractivity contribution in [3.8, 4) is 0 Å². The third-order valence-corrected chi connectivity index (χ3v) is 10.0. The summed E-state index contributed by atoms with van der Waals surface area (Å²) in [6.07, 6.45) is 18.7. The molecule has 6 atom stereocenters. The number of ether oxygens (including phenoxy) is 2. The molecule has 0 amide bonds. The van der Waals surface area contributed by atoms with Crippen LogP contribution in [-0.4, -0.2) is 29.4 Å². The van der Waals surface area contributed by atoms with Crippen molar-refractivity contribution in [1.29, 1.82) is 0 Å². The second kappa shape index (κ2) is 6.55. The number of hydrogen-bond donors (Lipinski definition) is 0. The van der Waals surface area contributed by atoms with Crippen molar-refractivity contribution in [2.24, 2.45) is 11.3 Å². The minimum absolute atomic E-state index is 0.0682. The fourth-order valence-corrected chi connectivity index (χ4v) is 8.43. The van der Waals surface area contributed by atoms with Gasteiger partial charge < -0.3 is 9.47 Å². The third-order valence-electron chi connectivity index (χ3n) is 10.0. The van der Waals surface area contributed by atoms with Crippen LogP contribution in [0.5, 0.6) is 0 Å². The Bertz CT molecular complexity index is 1170. The van der Waals surface area contributed by atoms with Crippen molar-refractivity contribution in [3.05, 3.63) is 65.5 Å². The molecule has 2 aliphatic heterocycles. The van der Waals surface area contributed by atoms with Gasteiger partial charge in [0, 0.05) is 31.3 Å². The molecule has 3 aliphatic carbocycles. The van der Waals surface area contributed by atoms with Gasteiger partial charge in [-0.2, -0.15) is 0 Å². The summed E-state index contributed by atoms with van der Waals surface area (Å²) in [5.41, 5.74) is 4.62. The largest absolute Gasteiger partial charge is 0.381 e. The molecule has 32 heavy (non-hydrogen) atoms. The van der Waals surface area contributed by atoms with E-state index in [1.165, 1.54) is 41.2 Å². The van der Waals surface area contributed by atoms with Crippen LogP contribution in [-0.2, 0) is 9.47 Å². The Morgan fingerprint density at radius 1 is 1.09 bits per heavy atom. The topological polar surface area (TPSA) is 31.4 Å². The van der Waals surface area contributed by atoms with E-state index in [0.29, 0.717) is 17.9 Å². The first-order chi connectivity index (χ1) is 15.6. The standard InChI is InChI=1S/C29H33NO2/c1-27-11-9-23-16-22-5-6-24(31-2)17-28(22)12-13-29(23,32-28)26(27)8-7-25(27)20-4-3-19-10-14-30-18-21(19)15-20/h3-4,9-10,14-16,18,24-26H,5-8,11-13,17H2,1-2H3/t24-,25+,26+,27+,28?,29+/m0/s1. The van der Waals surface area contributed by atoms with Gasteiger partial charge in [-0.3, -0.25) is 4.98 Å². The molecule has 1 saturated heterocycles. The van der Waals surface area contributed by atoms with Crippen molar-refractivity contribution in [1.82, 2.24) is 4.98 Å². The molecule has 2 bridgehead atoms. The number of fused-ring (bicyclic) bond motifs is 2. The Hall–Kier alpha value is -1.97. The molecule has 1 unspecified atom stereocenters. The highest BCUT2D eigenvalue weighted by atomic mass is 16.5. The fourth-order valence-electron chi connectivity index (χ4n) is 8.43. The van der Waals surface area contributed by atoms with Gasteiger partial charge in [-0.25, -0.2) is 0 Å². The molecule has 0 N–H and O–H groups in total. The SMILES string of the molecule is CO[C@H]1CCC2=CC3=CC[C@]4(C)[C@@H](c5ccc6ccncc6c5)CC[C@H]4[C@@]34CCC2(C1)O4. The summed E-state index contributed by atoms with van der Waals surface area (Å²) < 4.78 is 13.1. The van der Waals surface area contributed by atoms with Crippen LogP contribution < -0.4 is 0 Å². The number of aromatic nitrogens is 1. The Morgan fingerprint density at radius 2 is 2.03 bits per heavy atom. The van der Waals surface area contributed by atoms with Crippen LogP contribution in [0.1, 0.15) is 69.8 Å². The Balaban J connectivity index is 1.29. The Kier molecular flexibility index (Phi) is 3.99. The summed E-state index contributed by atoms with van der Waals surface area (Å²) >= 11 is 0. The Labute approximate surface area is 190 Å². The molecule has 3 heteroatoms. The van der Waals surface area contributed by atoms with E-state index in [9.17, 15) is 0 Å². The van der Waals surface area contributed by atoms with E-state index < -0.39 is 0 Å². The van der Waals surface area contributed by atoms with Gasteiger partial charge in [0.25, 0.3) is 0 Å². The zero-order chi connectivity index (χ0) is 21.6. The maximum absolute atomic E-state index is 7.32. The van der Waals surface area contributed by atoms with Gasteiger partial charge in [-0.1, -0.05) is 31.2 Å². The van der Waals surface area contributed by atoms with E-state index >= 15 is 0 Å². The number of nitrogens with zero attached hydrogens (tertiary/aromatic N) is 1. The van der Waals surface area contributed by atoms with Gasteiger partial charge in [0.05, 0.1) is 17.3 Å². The van der Waals surface area contributed by atoms with E-state index in [-0.39, 0.29) is 16.6 Å². The van der Waals surface area contributed by atoms with E-state index in [1.807, 2.05) is 19.5 Å². The van der Waals surface area contributed by atoms with E-state index in [4.69, 9.17) is 9.47 Å². The molecular formula is C29H33NO2. The lowest BCUT2D eigenvalue weighted by Gasteiger charge is -2.54. The number of benzene rings is 1. The zero-order valence-corrected chi connectivity index (χ0v) is 19.3. The number of methoxy groups -OCH3 is 1. The van der Waals surface area contributed by atoms with Crippen LogP contribution in [0.25, 0.3) is 10.8 Å². The molecule has 2 saturated carbocycles. The Morgan fingerprint density at radius 3 is 2.94 bits per heavy atom. The zero-order valence-electron chi connectivity index (χ0n) is 19.3. The van der Waals surface area contributed by atoms with E-state index in [2.05, 4.69) is 48.3 Å². The van der Waals surface area contributed by atoms with E-state index in [0.717, 1.165) is 32.1 Å². The summed E-state index contributed by atoms with van der Waals surface area (Å²) in [6, 6.07) is 9.17. The molecule has 3 heterocycles. The lowest BCUT2D eigenvalue weighted by Crippen LogP contribution is -2.54. The van der Waals surface area contributed by atoms with Gasteiger partial charge in [-0.15, -0.1) is 0 Å². The predicted molar refractivity (Wildman–Crippen MR) is 127 cm³/mol. The normalized spacial score (nSPS) is 42.1. The molecule has 1 aromatic carbocycles. The monoisotopic (exact) mass is 427 g/mol. The number of allylic oxidation sites excluding steroid dienone is 1. The average Bonchev–Trinajstić information content (AvgIpc) is 3.33. The van der Waals surface area contributed by atoms with Crippen LogP contribution >= 0.6 is 0 Å². The molecule has 3 nitrogen and oxygen atoms in total. The maximum Gasteiger partial charge on any atom is 0.0974 e. The van der Waals surface area contributed by atoms with Gasteiger partial charge >= 0.3 is 0 Å². The van der Waals surface area contributed by atoms with Crippen molar-refractivity contribution < 1.29 is 9.47 Å². The minimum Gasteiger partial charge on any atom is -0.381 e. The minimum atomic E-state index is -0.0840. The summed E-state index contributed by atoms with van der Waals surface area (Å²) in [6.45, 7) is 2.55. The molecule has 3 fully saturated rings. The second-order valence-electron chi connectivity index (χ2n) is 11.3.